The zero-order valence-electron chi connectivity index (χ0n) is 10.8. The fraction of sp³-hybridized carbons (Fsp3) is 0.188. The molecule has 20 heavy (non-hydrogen) atoms. The van der Waals surface area contributed by atoms with E-state index in [1.165, 1.54) is 11.3 Å². The quantitative estimate of drug-likeness (QED) is 0.718. The summed E-state index contributed by atoms with van der Waals surface area (Å²) >= 11 is 6.00. The maximum absolute atomic E-state index is 6.00. The molecule has 4 heteroatoms. The summed E-state index contributed by atoms with van der Waals surface area (Å²) < 4.78 is 5.92. The van der Waals surface area contributed by atoms with E-state index in [-0.39, 0.29) is 5.92 Å². The Bertz CT molecular complexity index is 781. The summed E-state index contributed by atoms with van der Waals surface area (Å²) in [6.45, 7) is 0.932. The third-order valence-electron chi connectivity index (χ3n) is 3.75. The number of fused-ring (bicyclic) bond motifs is 2. The lowest BCUT2D eigenvalue weighted by Crippen LogP contribution is -2.17. The van der Waals surface area contributed by atoms with E-state index in [9.17, 15) is 0 Å². The first-order chi connectivity index (χ1) is 9.81. The number of rotatable bonds is 1. The van der Waals surface area contributed by atoms with Crippen molar-refractivity contribution < 1.29 is 4.42 Å². The molecule has 4 rings (SSSR count). The Hall–Kier alpha value is -2.00. The van der Waals surface area contributed by atoms with Crippen molar-refractivity contribution in [2.24, 2.45) is 0 Å². The highest BCUT2D eigenvalue weighted by Gasteiger charge is 2.25. The topological polar surface area (TPSA) is 38.1 Å². The molecule has 1 aliphatic rings. The van der Waals surface area contributed by atoms with Crippen molar-refractivity contribution in [3.8, 4) is 0 Å². The van der Waals surface area contributed by atoms with Crippen molar-refractivity contribution in [1.29, 1.82) is 0 Å². The first kappa shape index (κ1) is 11.8. The molecule has 0 saturated carbocycles. The molecule has 1 unspecified atom stereocenters. The van der Waals surface area contributed by atoms with Crippen LogP contribution in [-0.4, -0.2) is 11.5 Å². The van der Waals surface area contributed by atoms with Crippen LogP contribution in [-0.2, 0) is 0 Å². The Morgan fingerprint density at radius 2 is 2.10 bits per heavy atom. The third-order valence-corrected chi connectivity index (χ3v) is 3.98. The van der Waals surface area contributed by atoms with Crippen LogP contribution in [0.3, 0.4) is 0 Å². The van der Waals surface area contributed by atoms with Crippen LogP contribution < -0.4 is 5.32 Å². The lowest BCUT2D eigenvalue weighted by molar-refractivity contribution is 0.485. The smallest absolute Gasteiger partial charge is 0.203 e. The molecule has 0 radical (unpaired) electrons. The van der Waals surface area contributed by atoms with E-state index in [0.29, 0.717) is 5.02 Å². The van der Waals surface area contributed by atoms with Gasteiger partial charge in [-0.1, -0.05) is 29.8 Å². The number of nitrogens with one attached hydrogen (secondary N) is 1. The van der Waals surface area contributed by atoms with Gasteiger partial charge in [0.15, 0.2) is 5.58 Å². The number of nitrogens with zero attached hydrogens (tertiary/aromatic N) is 1. The third kappa shape index (κ3) is 1.86. The van der Waals surface area contributed by atoms with E-state index >= 15 is 0 Å². The average Bonchev–Trinajstić information content (AvgIpc) is 2.89. The Morgan fingerprint density at radius 3 is 3.05 bits per heavy atom. The fourth-order valence-corrected chi connectivity index (χ4v) is 2.95. The fourth-order valence-electron chi connectivity index (χ4n) is 2.79. The minimum atomic E-state index is 0.207. The summed E-state index contributed by atoms with van der Waals surface area (Å²) in [6.07, 6.45) is 0.984. The predicted molar refractivity (Wildman–Crippen MR) is 80.4 cm³/mol. The number of hydrogen-bond donors (Lipinski definition) is 1. The molecular formula is C16H13ClN2O. The first-order valence-electron chi connectivity index (χ1n) is 6.70. The minimum Gasteiger partial charge on any atom is -0.440 e. The van der Waals surface area contributed by atoms with E-state index in [4.69, 9.17) is 16.0 Å². The molecule has 100 valence electrons. The molecule has 1 aromatic heterocycles. The largest absolute Gasteiger partial charge is 0.440 e. The summed E-state index contributed by atoms with van der Waals surface area (Å²) in [6, 6.07) is 13.9. The number of aromatic nitrogens is 1. The minimum absolute atomic E-state index is 0.207. The second-order valence-electron chi connectivity index (χ2n) is 5.02. The summed E-state index contributed by atoms with van der Waals surface area (Å²) in [7, 11) is 0. The van der Waals surface area contributed by atoms with Gasteiger partial charge in [0.2, 0.25) is 5.89 Å². The standard InChI is InChI=1S/C16H13ClN2O/c17-10-5-6-14-15(9-10)20-16(19-14)12-7-8-18-13-4-2-1-3-11(12)13/h1-6,9,12,18H,7-8H2. The van der Waals surface area contributed by atoms with Crippen molar-refractivity contribution in [3.05, 3.63) is 58.9 Å². The monoisotopic (exact) mass is 284 g/mol. The second kappa shape index (κ2) is 4.53. The Labute approximate surface area is 121 Å². The van der Waals surface area contributed by atoms with Crippen molar-refractivity contribution >= 4 is 28.4 Å². The second-order valence-corrected chi connectivity index (χ2v) is 5.46. The molecule has 1 aliphatic heterocycles. The SMILES string of the molecule is Clc1ccc2nc(C3CCNc4ccccc43)oc2c1. The van der Waals surface area contributed by atoms with Crippen molar-refractivity contribution in [1.82, 2.24) is 4.98 Å². The van der Waals surface area contributed by atoms with Crippen LogP contribution in [0.2, 0.25) is 5.02 Å². The predicted octanol–water partition coefficient (Wildman–Crippen LogP) is 4.43. The van der Waals surface area contributed by atoms with E-state index in [1.807, 2.05) is 24.3 Å². The number of anilines is 1. The van der Waals surface area contributed by atoms with Crippen LogP contribution >= 0.6 is 11.6 Å². The van der Waals surface area contributed by atoms with Gasteiger partial charge in [0.1, 0.15) is 5.52 Å². The first-order valence-corrected chi connectivity index (χ1v) is 7.08. The molecule has 0 aliphatic carbocycles. The molecular weight excluding hydrogens is 272 g/mol. The van der Waals surface area contributed by atoms with Gasteiger partial charge in [0, 0.05) is 23.3 Å². The molecule has 0 amide bonds. The van der Waals surface area contributed by atoms with E-state index < -0.39 is 0 Å². The van der Waals surface area contributed by atoms with E-state index in [2.05, 4.69) is 28.5 Å². The zero-order valence-corrected chi connectivity index (χ0v) is 11.5. The highest BCUT2D eigenvalue weighted by Crippen LogP contribution is 2.37. The van der Waals surface area contributed by atoms with Crippen LogP contribution in [0.25, 0.3) is 11.1 Å². The molecule has 1 atom stereocenters. The number of hydrogen-bond acceptors (Lipinski definition) is 3. The van der Waals surface area contributed by atoms with Crippen LogP contribution in [0.1, 0.15) is 23.8 Å². The maximum atomic E-state index is 6.00. The molecule has 0 saturated heterocycles. The maximum Gasteiger partial charge on any atom is 0.203 e. The Balaban J connectivity index is 1.84. The zero-order chi connectivity index (χ0) is 13.5. The normalized spacial score (nSPS) is 17.8. The molecule has 2 heterocycles. The molecule has 0 spiro atoms. The number of oxazole rings is 1. The highest BCUT2D eigenvalue weighted by molar-refractivity contribution is 6.31. The van der Waals surface area contributed by atoms with Crippen LogP contribution in [0.15, 0.2) is 46.9 Å². The summed E-state index contributed by atoms with van der Waals surface area (Å²) in [5, 5.41) is 4.09. The van der Waals surface area contributed by atoms with Gasteiger partial charge in [-0.15, -0.1) is 0 Å². The van der Waals surface area contributed by atoms with Gasteiger partial charge >= 0.3 is 0 Å². The van der Waals surface area contributed by atoms with E-state index in [0.717, 1.165) is 30.0 Å². The van der Waals surface area contributed by atoms with Gasteiger partial charge in [0.05, 0.1) is 5.92 Å². The van der Waals surface area contributed by atoms with Crippen LogP contribution in [0.4, 0.5) is 5.69 Å². The number of para-hydroxylation sites is 1. The van der Waals surface area contributed by atoms with E-state index in [1.54, 1.807) is 0 Å². The number of benzene rings is 2. The van der Waals surface area contributed by atoms with Gasteiger partial charge in [-0.2, -0.15) is 0 Å². The molecule has 0 bridgehead atoms. The van der Waals surface area contributed by atoms with Crippen LogP contribution in [0.5, 0.6) is 0 Å². The molecule has 3 aromatic rings. The van der Waals surface area contributed by atoms with Crippen molar-refractivity contribution in [3.63, 3.8) is 0 Å². The summed E-state index contributed by atoms with van der Waals surface area (Å²) in [5.41, 5.74) is 4.03. The summed E-state index contributed by atoms with van der Waals surface area (Å²) in [4.78, 5) is 4.62. The Kier molecular flexibility index (Phi) is 2.67. The summed E-state index contributed by atoms with van der Waals surface area (Å²) in [5.74, 6) is 0.981. The highest BCUT2D eigenvalue weighted by atomic mass is 35.5. The molecule has 3 nitrogen and oxygen atoms in total. The molecule has 0 fully saturated rings. The Morgan fingerprint density at radius 1 is 1.20 bits per heavy atom. The van der Waals surface area contributed by atoms with Gasteiger partial charge in [0.25, 0.3) is 0 Å². The lowest BCUT2D eigenvalue weighted by atomic mass is 9.91. The molecule has 2 aromatic carbocycles. The van der Waals surface area contributed by atoms with Gasteiger partial charge in [-0.3, -0.25) is 0 Å². The average molecular weight is 285 g/mol. The van der Waals surface area contributed by atoms with Crippen LogP contribution in [0, 0.1) is 0 Å². The van der Waals surface area contributed by atoms with Crippen molar-refractivity contribution in [2.75, 3.05) is 11.9 Å². The van der Waals surface area contributed by atoms with Crippen molar-refractivity contribution in [2.45, 2.75) is 12.3 Å². The van der Waals surface area contributed by atoms with Gasteiger partial charge in [-0.25, -0.2) is 4.98 Å². The van der Waals surface area contributed by atoms with Gasteiger partial charge < -0.3 is 9.73 Å². The lowest BCUT2D eigenvalue weighted by Gasteiger charge is -2.24. The molecule has 1 N–H and O–H groups in total. The van der Waals surface area contributed by atoms with Gasteiger partial charge in [-0.05, 0) is 30.2 Å². The number of halogens is 1.